The second kappa shape index (κ2) is 7.12. The lowest BCUT2D eigenvalue weighted by Gasteiger charge is -2.13. The molecule has 2 rings (SSSR count). The van der Waals surface area contributed by atoms with Crippen LogP contribution in [0.2, 0.25) is 0 Å². The average Bonchev–Trinajstić information content (AvgIpc) is 2.99. The molecule has 1 fully saturated rings. The van der Waals surface area contributed by atoms with Crippen LogP contribution in [0, 0.1) is 16.0 Å². The van der Waals surface area contributed by atoms with Crippen LogP contribution >= 0.6 is 0 Å². The number of hydrogen-bond acceptors (Lipinski definition) is 6. The summed E-state index contributed by atoms with van der Waals surface area (Å²) in [6, 6.07) is 3.00. The van der Waals surface area contributed by atoms with Gasteiger partial charge in [0.15, 0.2) is 11.5 Å². The Morgan fingerprint density at radius 1 is 1.38 bits per heavy atom. The Hall–Kier alpha value is -2.02. The molecule has 21 heavy (non-hydrogen) atoms. The van der Waals surface area contributed by atoms with E-state index >= 15 is 0 Å². The SMILES string of the molecule is COc1cc(NCCC2CCNC2)c([N+](=O)[O-])cc1OC. The maximum absolute atomic E-state index is 11.2. The van der Waals surface area contributed by atoms with E-state index in [0.29, 0.717) is 29.6 Å². The van der Waals surface area contributed by atoms with Crippen molar-refractivity contribution in [3.8, 4) is 11.5 Å². The number of nitrogens with one attached hydrogen (secondary N) is 2. The summed E-state index contributed by atoms with van der Waals surface area (Å²) in [7, 11) is 2.97. The Morgan fingerprint density at radius 3 is 2.67 bits per heavy atom. The summed E-state index contributed by atoms with van der Waals surface area (Å²) >= 11 is 0. The van der Waals surface area contributed by atoms with Crippen LogP contribution in [-0.2, 0) is 0 Å². The number of nitrogens with zero attached hydrogens (tertiary/aromatic N) is 1. The molecule has 1 aromatic carbocycles. The minimum absolute atomic E-state index is 0.00260. The van der Waals surface area contributed by atoms with Gasteiger partial charge in [0, 0.05) is 12.6 Å². The molecule has 7 nitrogen and oxygen atoms in total. The fourth-order valence-electron chi connectivity index (χ4n) is 2.53. The summed E-state index contributed by atoms with van der Waals surface area (Å²) < 4.78 is 10.3. The summed E-state index contributed by atoms with van der Waals surface area (Å²) in [5, 5.41) is 17.6. The van der Waals surface area contributed by atoms with Gasteiger partial charge in [-0.15, -0.1) is 0 Å². The molecular weight excluding hydrogens is 274 g/mol. The fourth-order valence-corrected chi connectivity index (χ4v) is 2.53. The molecule has 1 unspecified atom stereocenters. The summed E-state index contributed by atoms with van der Waals surface area (Å²) in [5.41, 5.74) is 0.459. The molecule has 0 aromatic heterocycles. The summed E-state index contributed by atoms with van der Waals surface area (Å²) in [6.45, 7) is 2.78. The first-order chi connectivity index (χ1) is 10.2. The quantitative estimate of drug-likeness (QED) is 0.591. The van der Waals surface area contributed by atoms with Crippen LogP contribution in [-0.4, -0.2) is 38.8 Å². The van der Waals surface area contributed by atoms with Crippen LogP contribution < -0.4 is 20.1 Å². The van der Waals surface area contributed by atoms with Crippen molar-refractivity contribution in [1.29, 1.82) is 0 Å². The molecule has 0 bridgehead atoms. The van der Waals surface area contributed by atoms with Crippen LogP contribution in [0.5, 0.6) is 11.5 Å². The van der Waals surface area contributed by atoms with Gasteiger partial charge in [-0.05, 0) is 31.8 Å². The van der Waals surface area contributed by atoms with Crippen molar-refractivity contribution in [3.05, 3.63) is 22.2 Å². The number of benzene rings is 1. The van der Waals surface area contributed by atoms with E-state index in [9.17, 15) is 10.1 Å². The monoisotopic (exact) mass is 295 g/mol. The summed E-state index contributed by atoms with van der Waals surface area (Å²) in [4.78, 5) is 10.8. The second-order valence-corrected chi connectivity index (χ2v) is 5.06. The number of rotatable bonds is 7. The minimum atomic E-state index is -0.415. The molecule has 7 heteroatoms. The molecule has 1 aromatic rings. The van der Waals surface area contributed by atoms with Crippen LogP contribution in [0.25, 0.3) is 0 Å². The van der Waals surface area contributed by atoms with E-state index < -0.39 is 4.92 Å². The lowest BCUT2D eigenvalue weighted by Crippen LogP contribution is -2.13. The number of nitro groups is 1. The van der Waals surface area contributed by atoms with Gasteiger partial charge in [-0.25, -0.2) is 0 Å². The number of ether oxygens (including phenoxy) is 2. The molecule has 0 saturated carbocycles. The lowest BCUT2D eigenvalue weighted by molar-refractivity contribution is -0.384. The Bertz CT molecular complexity index is 501. The molecular formula is C14H21N3O4. The van der Waals surface area contributed by atoms with E-state index in [1.54, 1.807) is 6.07 Å². The van der Waals surface area contributed by atoms with Crippen LogP contribution in [0.15, 0.2) is 12.1 Å². The normalized spacial score (nSPS) is 17.5. The zero-order valence-electron chi connectivity index (χ0n) is 12.3. The van der Waals surface area contributed by atoms with Crippen molar-refractivity contribution in [2.45, 2.75) is 12.8 Å². The standard InChI is InChI=1S/C14H21N3O4/c1-20-13-7-11(12(17(18)19)8-14(13)21-2)16-6-4-10-3-5-15-9-10/h7-8,10,15-16H,3-6,9H2,1-2H3. The molecule has 1 aliphatic rings. The van der Waals surface area contributed by atoms with E-state index in [1.807, 2.05) is 0 Å². The number of hydrogen-bond donors (Lipinski definition) is 2. The first kappa shape index (κ1) is 15.4. The van der Waals surface area contributed by atoms with Crippen molar-refractivity contribution in [3.63, 3.8) is 0 Å². The van der Waals surface area contributed by atoms with Crippen LogP contribution in [0.1, 0.15) is 12.8 Å². The van der Waals surface area contributed by atoms with E-state index in [-0.39, 0.29) is 5.69 Å². The lowest BCUT2D eigenvalue weighted by atomic mass is 10.1. The molecule has 0 amide bonds. The first-order valence-electron chi connectivity index (χ1n) is 7.00. The molecule has 1 heterocycles. The van der Waals surface area contributed by atoms with Crippen molar-refractivity contribution in [2.24, 2.45) is 5.92 Å². The Labute approximate surface area is 123 Å². The molecule has 0 aliphatic carbocycles. The zero-order valence-corrected chi connectivity index (χ0v) is 12.3. The first-order valence-corrected chi connectivity index (χ1v) is 7.00. The molecule has 1 aliphatic heterocycles. The minimum Gasteiger partial charge on any atom is -0.493 e. The Morgan fingerprint density at radius 2 is 2.10 bits per heavy atom. The largest absolute Gasteiger partial charge is 0.493 e. The smallest absolute Gasteiger partial charge is 0.296 e. The third-order valence-corrected chi connectivity index (χ3v) is 3.73. The van der Waals surface area contributed by atoms with Crippen molar-refractivity contribution in [2.75, 3.05) is 39.2 Å². The molecule has 0 spiro atoms. The summed E-state index contributed by atoms with van der Waals surface area (Å²) in [5.74, 6) is 1.47. The van der Waals surface area contributed by atoms with Crippen molar-refractivity contribution in [1.82, 2.24) is 5.32 Å². The van der Waals surface area contributed by atoms with Gasteiger partial charge in [0.2, 0.25) is 0 Å². The van der Waals surface area contributed by atoms with E-state index in [1.165, 1.54) is 20.3 Å². The highest BCUT2D eigenvalue weighted by molar-refractivity contribution is 5.68. The van der Waals surface area contributed by atoms with Gasteiger partial charge in [0.1, 0.15) is 5.69 Å². The van der Waals surface area contributed by atoms with Gasteiger partial charge in [0.05, 0.1) is 25.2 Å². The second-order valence-electron chi connectivity index (χ2n) is 5.06. The third kappa shape index (κ3) is 3.75. The number of methoxy groups -OCH3 is 2. The van der Waals surface area contributed by atoms with Gasteiger partial charge in [0.25, 0.3) is 5.69 Å². The fraction of sp³-hybridized carbons (Fsp3) is 0.571. The predicted molar refractivity (Wildman–Crippen MR) is 80.3 cm³/mol. The Kier molecular flexibility index (Phi) is 5.21. The Balaban J connectivity index is 2.10. The molecule has 116 valence electrons. The topological polar surface area (TPSA) is 85.7 Å². The van der Waals surface area contributed by atoms with E-state index in [4.69, 9.17) is 9.47 Å². The predicted octanol–water partition coefficient (Wildman–Crippen LogP) is 2.02. The highest BCUT2D eigenvalue weighted by Gasteiger charge is 2.20. The van der Waals surface area contributed by atoms with E-state index in [2.05, 4.69) is 10.6 Å². The number of anilines is 1. The van der Waals surface area contributed by atoms with Gasteiger partial charge in [-0.3, -0.25) is 10.1 Å². The zero-order chi connectivity index (χ0) is 15.2. The molecule has 1 saturated heterocycles. The van der Waals surface area contributed by atoms with Crippen LogP contribution in [0.4, 0.5) is 11.4 Å². The molecule has 0 radical (unpaired) electrons. The summed E-state index contributed by atoms with van der Waals surface area (Å²) in [6.07, 6.45) is 2.15. The maximum Gasteiger partial charge on any atom is 0.296 e. The van der Waals surface area contributed by atoms with Crippen molar-refractivity contribution < 1.29 is 14.4 Å². The average molecular weight is 295 g/mol. The highest BCUT2D eigenvalue weighted by atomic mass is 16.6. The van der Waals surface area contributed by atoms with Crippen molar-refractivity contribution >= 4 is 11.4 Å². The third-order valence-electron chi connectivity index (χ3n) is 3.73. The number of nitro benzene ring substituents is 1. The molecule has 2 N–H and O–H groups in total. The van der Waals surface area contributed by atoms with Gasteiger partial charge in [-0.1, -0.05) is 0 Å². The van der Waals surface area contributed by atoms with Gasteiger partial charge < -0.3 is 20.1 Å². The maximum atomic E-state index is 11.2. The van der Waals surface area contributed by atoms with Gasteiger partial charge in [-0.2, -0.15) is 0 Å². The van der Waals surface area contributed by atoms with Gasteiger partial charge >= 0.3 is 0 Å². The van der Waals surface area contributed by atoms with Crippen LogP contribution in [0.3, 0.4) is 0 Å². The highest BCUT2D eigenvalue weighted by Crippen LogP contribution is 2.37. The molecule has 1 atom stereocenters. The van der Waals surface area contributed by atoms with E-state index in [0.717, 1.165) is 25.9 Å².